The second-order valence-electron chi connectivity index (χ2n) is 7.83. The Morgan fingerprint density at radius 3 is 2.79 bits per heavy atom. The third-order valence-corrected chi connectivity index (χ3v) is 7.97. The van der Waals surface area contributed by atoms with E-state index in [2.05, 4.69) is 25.6 Å². The molecule has 29 heavy (non-hydrogen) atoms. The molecule has 2 aliphatic heterocycles. The van der Waals surface area contributed by atoms with E-state index in [9.17, 15) is 0 Å². The van der Waals surface area contributed by atoms with E-state index in [0.29, 0.717) is 22.4 Å². The molecule has 7 nitrogen and oxygen atoms in total. The summed E-state index contributed by atoms with van der Waals surface area (Å²) in [6, 6.07) is 1.84. The molecular weight excluding hydrogens is 428 g/mol. The number of pyridine rings is 2. The number of rotatable bonds is 3. The number of nitrogen functional groups attached to an aromatic ring is 1. The molecule has 1 spiro atoms. The number of nitrogens with zero attached hydrogens (tertiary/aromatic N) is 5. The molecule has 3 aromatic rings. The number of ether oxygens (including phenoxy) is 1. The van der Waals surface area contributed by atoms with Crippen molar-refractivity contribution in [2.75, 3.05) is 30.3 Å². The van der Waals surface area contributed by atoms with Gasteiger partial charge in [0.2, 0.25) is 0 Å². The van der Waals surface area contributed by atoms with Crippen molar-refractivity contribution in [1.29, 1.82) is 0 Å². The van der Waals surface area contributed by atoms with Gasteiger partial charge in [0.25, 0.3) is 0 Å². The summed E-state index contributed by atoms with van der Waals surface area (Å²) in [6.07, 6.45) is 7.30. The molecule has 10 heteroatoms. The van der Waals surface area contributed by atoms with E-state index in [-0.39, 0.29) is 0 Å². The topological polar surface area (TPSA) is 90.1 Å². The number of fused-ring (bicyclic) bond motifs is 1. The molecule has 0 bridgehead atoms. The number of aromatic nitrogens is 4. The number of halogens is 1. The minimum atomic E-state index is 0.321. The summed E-state index contributed by atoms with van der Waals surface area (Å²) in [7, 11) is 0. The molecule has 0 radical (unpaired) electrons. The summed E-state index contributed by atoms with van der Waals surface area (Å²) < 4.78 is 14.9. The fourth-order valence-corrected chi connectivity index (χ4v) is 6.02. The van der Waals surface area contributed by atoms with Crippen LogP contribution in [0.4, 0.5) is 11.6 Å². The summed E-state index contributed by atoms with van der Waals surface area (Å²) in [4.78, 5) is 12.9. The van der Waals surface area contributed by atoms with Crippen LogP contribution in [0.2, 0.25) is 5.02 Å². The molecule has 0 aliphatic carbocycles. The molecule has 5 rings (SSSR count). The first-order valence-corrected chi connectivity index (χ1v) is 11.5. The zero-order chi connectivity index (χ0) is 20.0. The van der Waals surface area contributed by atoms with Gasteiger partial charge >= 0.3 is 0 Å². The molecule has 5 heterocycles. The van der Waals surface area contributed by atoms with Gasteiger partial charge in [0.15, 0.2) is 5.82 Å². The van der Waals surface area contributed by atoms with Crippen LogP contribution >= 0.6 is 35.1 Å². The summed E-state index contributed by atoms with van der Waals surface area (Å²) in [5.41, 5.74) is 7.88. The number of anilines is 2. The van der Waals surface area contributed by atoms with Gasteiger partial charge in [0, 0.05) is 30.4 Å². The van der Waals surface area contributed by atoms with Crippen LogP contribution < -0.4 is 10.6 Å². The number of nitrogens with two attached hydrogens (primary N) is 1. The predicted molar refractivity (Wildman–Crippen MR) is 117 cm³/mol. The summed E-state index contributed by atoms with van der Waals surface area (Å²) in [5.74, 6) is 1.24. The van der Waals surface area contributed by atoms with Crippen LogP contribution in [0.1, 0.15) is 26.2 Å². The predicted octanol–water partition coefficient (Wildman–Crippen LogP) is 4.26. The number of piperidine rings is 1. The van der Waals surface area contributed by atoms with Gasteiger partial charge in [-0.25, -0.2) is 9.97 Å². The highest BCUT2D eigenvalue weighted by Gasteiger charge is 2.41. The third kappa shape index (κ3) is 3.54. The molecule has 0 aromatic carbocycles. The highest BCUT2D eigenvalue weighted by molar-refractivity contribution is 7.99. The first-order valence-electron chi connectivity index (χ1n) is 9.60. The van der Waals surface area contributed by atoms with Crippen molar-refractivity contribution < 1.29 is 4.74 Å². The lowest BCUT2D eigenvalue weighted by atomic mass is 9.77. The highest BCUT2D eigenvalue weighted by Crippen LogP contribution is 2.44. The zero-order valence-electron chi connectivity index (χ0n) is 16.0. The van der Waals surface area contributed by atoms with Crippen LogP contribution in [-0.2, 0) is 4.74 Å². The van der Waals surface area contributed by atoms with Crippen LogP contribution in [0.3, 0.4) is 0 Å². The SMILES string of the molecule is C[C@H]1CC2(CCN(c3ncc(Sc4ccnc(N)c4Cl)c4nsnc34)CC2)CO1. The Balaban J connectivity index is 1.40. The average Bonchev–Trinajstić information content (AvgIpc) is 3.34. The Hall–Kier alpha value is -1.68. The molecule has 0 saturated carbocycles. The maximum absolute atomic E-state index is 6.31. The van der Waals surface area contributed by atoms with Crippen molar-refractivity contribution >= 4 is 57.8 Å². The van der Waals surface area contributed by atoms with E-state index < -0.39 is 0 Å². The largest absolute Gasteiger partial charge is 0.382 e. The molecule has 0 amide bonds. The maximum atomic E-state index is 6.31. The van der Waals surface area contributed by atoms with Gasteiger partial charge in [-0.2, -0.15) is 8.75 Å². The van der Waals surface area contributed by atoms with Crippen molar-refractivity contribution in [2.24, 2.45) is 5.41 Å². The van der Waals surface area contributed by atoms with Gasteiger partial charge in [0.05, 0.1) is 34.4 Å². The summed E-state index contributed by atoms with van der Waals surface area (Å²) in [5, 5.41) is 0.451. The Labute approximate surface area is 182 Å². The molecule has 152 valence electrons. The lowest BCUT2D eigenvalue weighted by molar-refractivity contribution is 0.0976. The first kappa shape index (κ1) is 19.3. The molecule has 2 fully saturated rings. The molecule has 2 aliphatic rings. The van der Waals surface area contributed by atoms with E-state index in [1.807, 2.05) is 12.3 Å². The Bertz CT molecular complexity index is 1050. The van der Waals surface area contributed by atoms with Crippen molar-refractivity contribution in [3.05, 3.63) is 23.5 Å². The Morgan fingerprint density at radius 2 is 2.03 bits per heavy atom. The number of hydrogen-bond acceptors (Lipinski definition) is 9. The average molecular weight is 449 g/mol. The zero-order valence-corrected chi connectivity index (χ0v) is 18.4. The van der Waals surface area contributed by atoms with Gasteiger partial charge in [0.1, 0.15) is 16.9 Å². The standard InChI is InChI=1S/C19H21ClN6OS2/c1-11-8-19(10-27-11)3-6-26(7-4-19)18-16-15(24-29-25-16)13(9-23-18)28-12-2-5-22-17(21)14(12)20/h2,5,9,11H,3-4,6-8,10H2,1H3,(H2,21,22)/t11-/m0/s1. The fraction of sp³-hybridized carbons (Fsp3) is 0.474. The second kappa shape index (κ2) is 7.54. The van der Waals surface area contributed by atoms with Gasteiger partial charge in [-0.3, -0.25) is 0 Å². The molecule has 2 N–H and O–H groups in total. The lowest BCUT2D eigenvalue weighted by Crippen LogP contribution is -2.41. The molecular formula is C19H21ClN6OS2. The van der Waals surface area contributed by atoms with E-state index in [1.54, 1.807) is 6.20 Å². The van der Waals surface area contributed by atoms with Crippen LogP contribution in [0.15, 0.2) is 28.3 Å². The van der Waals surface area contributed by atoms with E-state index >= 15 is 0 Å². The summed E-state index contributed by atoms with van der Waals surface area (Å²) >= 11 is 9.01. The highest BCUT2D eigenvalue weighted by atomic mass is 35.5. The van der Waals surface area contributed by atoms with Gasteiger partial charge < -0.3 is 15.4 Å². The Morgan fingerprint density at radius 1 is 1.24 bits per heavy atom. The molecule has 3 aromatic heterocycles. The molecule has 0 unspecified atom stereocenters. The quantitative estimate of drug-likeness (QED) is 0.635. The minimum Gasteiger partial charge on any atom is -0.382 e. The second-order valence-corrected chi connectivity index (χ2v) is 9.82. The van der Waals surface area contributed by atoms with Gasteiger partial charge in [-0.15, -0.1) is 0 Å². The van der Waals surface area contributed by atoms with Crippen LogP contribution in [0.25, 0.3) is 11.0 Å². The Kier molecular flexibility index (Phi) is 5.01. The monoisotopic (exact) mass is 448 g/mol. The smallest absolute Gasteiger partial charge is 0.158 e. The van der Waals surface area contributed by atoms with Crippen molar-refractivity contribution in [3.8, 4) is 0 Å². The third-order valence-electron chi connectivity index (χ3n) is 5.86. The lowest BCUT2D eigenvalue weighted by Gasteiger charge is -2.39. The van der Waals surface area contributed by atoms with Crippen LogP contribution in [-0.4, -0.2) is 44.5 Å². The maximum Gasteiger partial charge on any atom is 0.158 e. The summed E-state index contributed by atoms with van der Waals surface area (Å²) in [6.45, 7) is 4.99. The number of hydrogen-bond donors (Lipinski definition) is 1. The minimum absolute atomic E-state index is 0.321. The van der Waals surface area contributed by atoms with Crippen LogP contribution in [0.5, 0.6) is 0 Å². The van der Waals surface area contributed by atoms with E-state index in [4.69, 9.17) is 27.1 Å². The van der Waals surface area contributed by atoms with Gasteiger partial charge in [-0.05, 0) is 37.7 Å². The fourth-order valence-electron chi connectivity index (χ4n) is 4.27. The van der Waals surface area contributed by atoms with Crippen LogP contribution in [0, 0.1) is 5.41 Å². The van der Waals surface area contributed by atoms with E-state index in [1.165, 1.54) is 23.5 Å². The van der Waals surface area contributed by atoms with Crippen molar-refractivity contribution in [3.63, 3.8) is 0 Å². The normalized spacial score (nSPS) is 21.3. The van der Waals surface area contributed by atoms with Crippen molar-refractivity contribution in [1.82, 2.24) is 18.7 Å². The molecule has 2 saturated heterocycles. The van der Waals surface area contributed by atoms with Gasteiger partial charge in [-0.1, -0.05) is 23.4 Å². The van der Waals surface area contributed by atoms with E-state index in [0.717, 1.165) is 65.6 Å². The molecule has 1 atom stereocenters. The first-order chi connectivity index (χ1) is 14.0. The van der Waals surface area contributed by atoms with Crippen molar-refractivity contribution in [2.45, 2.75) is 42.1 Å².